The van der Waals surface area contributed by atoms with Crippen LogP contribution in [0, 0.1) is 11.3 Å². The molecule has 4 heteroatoms. The highest BCUT2D eigenvalue weighted by Crippen LogP contribution is 2.27. The van der Waals surface area contributed by atoms with Crippen molar-refractivity contribution in [2.24, 2.45) is 16.3 Å². The lowest BCUT2D eigenvalue weighted by Crippen LogP contribution is -2.32. The van der Waals surface area contributed by atoms with Crippen LogP contribution < -0.4 is 0 Å². The van der Waals surface area contributed by atoms with E-state index >= 15 is 0 Å². The molecule has 0 aliphatic carbocycles. The second-order valence-corrected chi connectivity index (χ2v) is 4.87. The Kier molecular flexibility index (Phi) is 7.18. The first-order chi connectivity index (χ1) is 7.42. The van der Waals surface area contributed by atoms with Gasteiger partial charge < -0.3 is 4.74 Å². The van der Waals surface area contributed by atoms with Gasteiger partial charge in [0, 0.05) is 6.54 Å². The number of unbranched alkanes of at least 4 members (excludes halogenated alkanes) is 1. The van der Waals surface area contributed by atoms with Crippen LogP contribution in [0.1, 0.15) is 40.5 Å². The van der Waals surface area contributed by atoms with Gasteiger partial charge in [-0.05, 0) is 44.8 Å². The summed E-state index contributed by atoms with van der Waals surface area (Å²) in [6, 6.07) is 0. The molecule has 3 nitrogen and oxygen atoms in total. The van der Waals surface area contributed by atoms with Crippen molar-refractivity contribution in [3.05, 3.63) is 0 Å². The van der Waals surface area contributed by atoms with Gasteiger partial charge in [-0.25, -0.2) is 4.99 Å². The number of hydrogen-bond acceptors (Lipinski definition) is 4. The van der Waals surface area contributed by atoms with E-state index in [4.69, 9.17) is 4.74 Å². The highest BCUT2D eigenvalue weighted by Gasteiger charge is 2.32. The first-order valence-electron chi connectivity index (χ1n) is 5.63. The van der Waals surface area contributed by atoms with E-state index < -0.39 is 5.41 Å². The predicted octanol–water partition coefficient (Wildman–Crippen LogP) is 3.09. The number of carbonyl (C=O) groups excluding carboxylic acids is 1. The minimum Gasteiger partial charge on any atom is -0.465 e. The number of rotatable bonds is 7. The topological polar surface area (TPSA) is 38.7 Å². The molecular weight excluding hydrogens is 222 g/mol. The lowest BCUT2D eigenvalue weighted by molar-refractivity contribution is -0.156. The number of thiocarbonyl (C=S) groups is 1. The van der Waals surface area contributed by atoms with Crippen molar-refractivity contribution in [2.45, 2.75) is 40.5 Å². The molecule has 0 rings (SSSR count). The van der Waals surface area contributed by atoms with E-state index in [1.165, 1.54) is 0 Å². The van der Waals surface area contributed by atoms with Crippen LogP contribution in [0.2, 0.25) is 0 Å². The van der Waals surface area contributed by atoms with Crippen LogP contribution in [0.4, 0.5) is 0 Å². The summed E-state index contributed by atoms with van der Waals surface area (Å²) in [7, 11) is 0. The van der Waals surface area contributed by atoms with Crippen LogP contribution >= 0.6 is 12.2 Å². The fourth-order valence-corrected chi connectivity index (χ4v) is 1.02. The number of hydrogen-bond donors (Lipinski definition) is 0. The van der Waals surface area contributed by atoms with Crippen molar-refractivity contribution in [1.29, 1.82) is 0 Å². The average Bonchev–Trinajstić information content (AvgIpc) is 2.22. The Morgan fingerprint density at radius 3 is 2.56 bits per heavy atom. The Morgan fingerprint density at radius 2 is 2.06 bits per heavy atom. The monoisotopic (exact) mass is 243 g/mol. The molecule has 92 valence electrons. The molecule has 0 aliphatic heterocycles. The second-order valence-electron chi connectivity index (χ2n) is 4.69. The van der Waals surface area contributed by atoms with Crippen LogP contribution in [0.15, 0.2) is 4.99 Å². The summed E-state index contributed by atoms with van der Waals surface area (Å²) < 4.78 is 5.22. The maximum atomic E-state index is 11.7. The maximum absolute atomic E-state index is 11.7. The Hall–Kier alpha value is -0.730. The lowest BCUT2D eigenvalue weighted by atomic mass is 9.81. The van der Waals surface area contributed by atoms with E-state index in [-0.39, 0.29) is 11.9 Å². The Labute approximate surface area is 103 Å². The number of isothiocyanates is 1. The van der Waals surface area contributed by atoms with Gasteiger partial charge in [0.15, 0.2) is 0 Å². The maximum Gasteiger partial charge on any atom is 0.311 e. The summed E-state index contributed by atoms with van der Waals surface area (Å²) in [5.41, 5.74) is -0.410. The highest BCUT2D eigenvalue weighted by molar-refractivity contribution is 7.78. The second kappa shape index (κ2) is 7.53. The zero-order valence-corrected chi connectivity index (χ0v) is 11.4. The van der Waals surface area contributed by atoms with Gasteiger partial charge in [-0.2, -0.15) is 0 Å². The number of aliphatic imine (C=N–C) groups is 1. The molecule has 0 spiro atoms. The fraction of sp³-hybridized carbons (Fsp3) is 0.833. The molecule has 0 unspecified atom stereocenters. The molecule has 0 aliphatic rings. The number of carbonyl (C=O) groups is 1. The first-order valence-corrected chi connectivity index (χ1v) is 6.04. The quantitative estimate of drug-likeness (QED) is 0.298. The van der Waals surface area contributed by atoms with Gasteiger partial charge in [-0.15, -0.1) is 0 Å². The van der Waals surface area contributed by atoms with Gasteiger partial charge >= 0.3 is 5.97 Å². The number of nitrogens with zero attached hydrogens (tertiary/aromatic N) is 1. The third-order valence-corrected chi connectivity index (χ3v) is 3.06. The molecule has 0 bridgehead atoms. The molecule has 0 radical (unpaired) electrons. The zero-order chi connectivity index (χ0) is 12.6. The van der Waals surface area contributed by atoms with Gasteiger partial charge in [0.25, 0.3) is 0 Å². The molecule has 0 heterocycles. The Bertz CT molecular complexity index is 268. The van der Waals surface area contributed by atoms with Crippen LogP contribution in [0.5, 0.6) is 0 Å². The molecule has 0 aromatic heterocycles. The SMILES string of the molecule is CC(C)C(C)(C)C(=O)OCCCCN=C=S. The number of ether oxygens (including phenoxy) is 1. The molecule has 0 aromatic carbocycles. The smallest absolute Gasteiger partial charge is 0.311 e. The van der Waals surface area contributed by atoms with E-state index in [0.29, 0.717) is 13.2 Å². The van der Waals surface area contributed by atoms with E-state index in [2.05, 4.69) is 22.4 Å². The van der Waals surface area contributed by atoms with Crippen molar-refractivity contribution in [3.63, 3.8) is 0 Å². The van der Waals surface area contributed by atoms with Gasteiger partial charge in [0.05, 0.1) is 17.2 Å². The van der Waals surface area contributed by atoms with Crippen molar-refractivity contribution in [2.75, 3.05) is 13.2 Å². The fourth-order valence-electron chi connectivity index (χ4n) is 0.925. The highest BCUT2D eigenvalue weighted by atomic mass is 32.1. The van der Waals surface area contributed by atoms with Crippen molar-refractivity contribution >= 4 is 23.3 Å². The van der Waals surface area contributed by atoms with Gasteiger partial charge in [-0.1, -0.05) is 13.8 Å². The Balaban J connectivity index is 3.77. The van der Waals surface area contributed by atoms with Crippen LogP contribution in [-0.2, 0) is 9.53 Å². The molecule has 0 amide bonds. The third kappa shape index (κ3) is 5.38. The standard InChI is InChI=1S/C12H21NO2S/c1-10(2)12(3,4)11(14)15-8-6-5-7-13-9-16/h10H,5-8H2,1-4H3. The van der Waals surface area contributed by atoms with Crippen molar-refractivity contribution in [3.8, 4) is 0 Å². The molecule has 0 aromatic rings. The molecule has 0 saturated carbocycles. The predicted molar refractivity (Wildman–Crippen MR) is 68.7 cm³/mol. The summed E-state index contributed by atoms with van der Waals surface area (Å²) in [5, 5.41) is 2.31. The molecule has 16 heavy (non-hydrogen) atoms. The van der Waals surface area contributed by atoms with Gasteiger partial charge in [-0.3, -0.25) is 4.79 Å². The van der Waals surface area contributed by atoms with E-state index in [1.807, 2.05) is 27.7 Å². The molecule has 0 fully saturated rings. The summed E-state index contributed by atoms with van der Waals surface area (Å²) in [5.74, 6) is 0.153. The molecule has 0 saturated heterocycles. The molecular formula is C12H21NO2S. The number of esters is 1. The lowest BCUT2D eigenvalue weighted by Gasteiger charge is -2.26. The van der Waals surface area contributed by atoms with Crippen molar-refractivity contribution in [1.82, 2.24) is 0 Å². The van der Waals surface area contributed by atoms with E-state index in [9.17, 15) is 4.79 Å². The largest absolute Gasteiger partial charge is 0.465 e. The van der Waals surface area contributed by atoms with Gasteiger partial charge in [0.2, 0.25) is 0 Å². The minimum absolute atomic E-state index is 0.124. The zero-order valence-electron chi connectivity index (χ0n) is 10.6. The third-order valence-electron chi connectivity index (χ3n) is 2.93. The average molecular weight is 243 g/mol. The first kappa shape index (κ1) is 15.3. The summed E-state index contributed by atoms with van der Waals surface area (Å²) >= 11 is 4.45. The summed E-state index contributed by atoms with van der Waals surface area (Å²) in [6.07, 6.45) is 1.69. The minimum atomic E-state index is -0.410. The van der Waals surface area contributed by atoms with Crippen LogP contribution in [0.3, 0.4) is 0 Å². The van der Waals surface area contributed by atoms with E-state index in [1.54, 1.807) is 0 Å². The van der Waals surface area contributed by atoms with Crippen molar-refractivity contribution < 1.29 is 9.53 Å². The van der Waals surface area contributed by atoms with Crippen LogP contribution in [0.25, 0.3) is 0 Å². The Morgan fingerprint density at radius 1 is 1.44 bits per heavy atom. The van der Waals surface area contributed by atoms with Gasteiger partial charge in [0.1, 0.15) is 0 Å². The van der Waals surface area contributed by atoms with Crippen LogP contribution in [-0.4, -0.2) is 24.3 Å². The summed E-state index contributed by atoms with van der Waals surface area (Å²) in [4.78, 5) is 15.5. The van der Waals surface area contributed by atoms with E-state index in [0.717, 1.165) is 12.8 Å². The molecule has 0 atom stereocenters. The molecule has 0 N–H and O–H groups in total. The summed E-state index contributed by atoms with van der Waals surface area (Å²) in [6.45, 7) is 8.99. The normalized spacial score (nSPS) is 11.1.